The predicted octanol–water partition coefficient (Wildman–Crippen LogP) is 1.73. The van der Waals surface area contributed by atoms with Crippen molar-refractivity contribution in [1.82, 2.24) is 9.80 Å². The summed E-state index contributed by atoms with van der Waals surface area (Å²) in [6.45, 7) is 1.06. The molecule has 1 saturated heterocycles. The Kier molecular flexibility index (Phi) is 5.84. The highest BCUT2D eigenvalue weighted by atomic mass is 16.5. The van der Waals surface area contributed by atoms with E-state index in [0.29, 0.717) is 37.4 Å². The summed E-state index contributed by atoms with van der Waals surface area (Å²) in [5.41, 5.74) is 0.523. The lowest BCUT2D eigenvalue weighted by atomic mass is 9.96. The minimum absolute atomic E-state index is 0.0511. The Morgan fingerprint density at radius 1 is 1.24 bits per heavy atom. The molecule has 1 aromatic carbocycles. The summed E-state index contributed by atoms with van der Waals surface area (Å²) in [5.74, 6) is -1.11. The minimum Gasteiger partial charge on any atom is -0.495 e. The van der Waals surface area contributed by atoms with E-state index in [2.05, 4.69) is 5.32 Å². The second-order valence-corrected chi connectivity index (χ2v) is 6.15. The number of carbonyl (C=O) groups excluding carboxylic acids is 2. The Morgan fingerprint density at radius 3 is 2.40 bits per heavy atom. The second kappa shape index (κ2) is 7.87. The standard InChI is InChI=1S/C17H23N3O5/c1-19(2)17(24)20-8-6-11(7-9-20)15(21)18-13-5-4-12(16(22)23)10-14(13)25-3/h4-5,10-11H,6-9H2,1-3H3,(H,18,21)(H,22,23). The molecule has 0 bridgehead atoms. The third-order valence-electron chi connectivity index (χ3n) is 4.23. The number of hydrogen-bond donors (Lipinski definition) is 2. The molecule has 8 nitrogen and oxygen atoms in total. The maximum atomic E-state index is 12.5. The van der Waals surface area contributed by atoms with Crippen molar-refractivity contribution in [1.29, 1.82) is 0 Å². The fraction of sp³-hybridized carbons (Fsp3) is 0.471. The Balaban J connectivity index is 1.99. The summed E-state index contributed by atoms with van der Waals surface area (Å²) in [6.07, 6.45) is 1.17. The molecule has 3 amide bonds. The molecule has 2 N–H and O–H groups in total. The van der Waals surface area contributed by atoms with Crippen molar-refractivity contribution in [2.75, 3.05) is 39.6 Å². The molecular formula is C17H23N3O5. The van der Waals surface area contributed by atoms with E-state index in [0.717, 1.165) is 0 Å². The maximum absolute atomic E-state index is 12.5. The van der Waals surface area contributed by atoms with Crippen LogP contribution in [0.5, 0.6) is 5.75 Å². The number of nitrogens with zero attached hydrogens (tertiary/aromatic N) is 2. The third kappa shape index (κ3) is 4.40. The van der Waals surface area contributed by atoms with Crippen LogP contribution in [0.2, 0.25) is 0 Å². The molecule has 1 fully saturated rings. The number of carboxylic acids is 1. The first-order valence-corrected chi connectivity index (χ1v) is 8.02. The largest absolute Gasteiger partial charge is 0.495 e. The monoisotopic (exact) mass is 349 g/mol. The first-order chi connectivity index (χ1) is 11.8. The van der Waals surface area contributed by atoms with Gasteiger partial charge >= 0.3 is 12.0 Å². The van der Waals surface area contributed by atoms with Crippen LogP contribution in [0.4, 0.5) is 10.5 Å². The summed E-state index contributed by atoms with van der Waals surface area (Å²) in [6, 6.07) is 4.25. The lowest BCUT2D eigenvalue weighted by Crippen LogP contribution is -2.45. The van der Waals surface area contributed by atoms with Crippen molar-refractivity contribution < 1.29 is 24.2 Å². The number of nitrogens with one attached hydrogen (secondary N) is 1. The molecule has 0 radical (unpaired) electrons. The van der Waals surface area contributed by atoms with Crippen LogP contribution >= 0.6 is 0 Å². The molecule has 0 aromatic heterocycles. The number of carbonyl (C=O) groups is 3. The normalized spacial score (nSPS) is 14.8. The molecule has 136 valence electrons. The van der Waals surface area contributed by atoms with E-state index in [-0.39, 0.29) is 23.4 Å². The number of anilines is 1. The van der Waals surface area contributed by atoms with Gasteiger partial charge in [0, 0.05) is 33.1 Å². The fourth-order valence-corrected chi connectivity index (χ4v) is 2.78. The number of methoxy groups -OCH3 is 1. The molecule has 0 saturated carbocycles. The summed E-state index contributed by atoms with van der Waals surface area (Å²) >= 11 is 0. The highest BCUT2D eigenvalue weighted by Gasteiger charge is 2.28. The van der Waals surface area contributed by atoms with E-state index in [9.17, 15) is 14.4 Å². The topological polar surface area (TPSA) is 99.2 Å². The van der Waals surface area contributed by atoms with E-state index in [1.807, 2.05) is 0 Å². The van der Waals surface area contributed by atoms with E-state index in [1.54, 1.807) is 19.0 Å². The number of urea groups is 1. The van der Waals surface area contributed by atoms with Gasteiger partial charge in [0.05, 0.1) is 18.4 Å². The molecule has 0 atom stereocenters. The van der Waals surface area contributed by atoms with Gasteiger partial charge < -0.3 is 25.0 Å². The van der Waals surface area contributed by atoms with Gasteiger partial charge in [-0.2, -0.15) is 0 Å². The number of piperidine rings is 1. The zero-order chi connectivity index (χ0) is 18.6. The first-order valence-electron chi connectivity index (χ1n) is 8.02. The number of likely N-dealkylation sites (tertiary alicyclic amines) is 1. The third-order valence-corrected chi connectivity index (χ3v) is 4.23. The number of carboxylic acid groups (broad SMARTS) is 1. The molecule has 1 heterocycles. The molecule has 1 aromatic rings. The van der Waals surface area contributed by atoms with Crippen molar-refractivity contribution in [2.24, 2.45) is 5.92 Å². The number of rotatable bonds is 4. The molecule has 2 rings (SSSR count). The summed E-state index contributed by atoms with van der Waals surface area (Å²) < 4.78 is 5.16. The molecule has 0 unspecified atom stereocenters. The molecule has 1 aliphatic heterocycles. The SMILES string of the molecule is COc1cc(C(=O)O)ccc1NC(=O)C1CCN(C(=O)N(C)C)CC1. The van der Waals surface area contributed by atoms with Gasteiger partial charge in [-0.05, 0) is 31.0 Å². The van der Waals surface area contributed by atoms with E-state index < -0.39 is 5.97 Å². The van der Waals surface area contributed by atoms with Crippen LogP contribution < -0.4 is 10.1 Å². The first kappa shape index (κ1) is 18.6. The van der Waals surface area contributed by atoms with E-state index in [1.165, 1.54) is 30.2 Å². The van der Waals surface area contributed by atoms with Crippen molar-refractivity contribution in [2.45, 2.75) is 12.8 Å². The number of hydrogen-bond acceptors (Lipinski definition) is 4. The summed E-state index contributed by atoms with van der Waals surface area (Å²) in [5, 5.41) is 11.8. The highest BCUT2D eigenvalue weighted by molar-refractivity contribution is 5.95. The lowest BCUT2D eigenvalue weighted by Gasteiger charge is -2.33. The summed E-state index contributed by atoms with van der Waals surface area (Å²) in [7, 11) is 4.82. The summed E-state index contributed by atoms with van der Waals surface area (Å²) in [4.78, 5) is 38.6. The van der Waals surface area contributed by atoms with E-state index >= 15 is 0 Å². The lowest BCUT2D eigenvalue weighted by molar-refractivity contribution is -0.121. The zero-order valence-corrected chi connectivity index (χ0v) is 14.6. The van der Waals surface area contributed by atoms with Gasteiger partial charge in [-0.25, -0.2) is 9.59 Å². The number of benzene rings is 1. The van der Waals surface area contributed by atoms with Crippen LogP contribution in [0.3, 0.4) is 0 Å². The Labute approximate surface area is 146 Å². The molecule has 1 aliphatic rings. The van der Waals surface area contributed by atoms with Gasteiger partial charge in [0.15, 0.2) is 0 Å². The number of amides is 3. The maximum Gasteiger partial charge on any atom is 0.335 e. The van der Waals surface area contributed by atoms with Crippen LogP contribution in [0.15, 0.2) is 18.2 Å². The predicted molar refractivity (Wildman–Crippen MR) is 92.0 cm³/mol. The van der Waals surface area contributed by atoms with Gasteiger partial charge in [0.2, 0.25) is 5.91 Å². The molecule has 8 heteroatoms. The van der Waals surface area contributed by atoms with Crippen molar-refractivity contribution in [3.8, 4) is 5.75 Å². The van der Waals surface area contributed by atoms with Crippen molar-refractivity contribution >= 4 is 23.6 Å². The molecule has 0 spiro atoms. The average molecular weight is 349 g/mol. The van der Waals surface area contributed by atoms with Crippen LogP contribution in [0, 0.1) is 5.92 Å². The van der Waals surface area contributed by atoms with Gasteiger partial charge in [-0.15, -0.1) is 0 Å². The van der Waals surface area contributed by atoms with Crippen molar-refractivity contribution in [3.63, 3.8) is 0 Å². The fourth-order valence-electron chi connectivity index (χ4n) is 2.78. The van der Waals surface area contributed by atoms with Crippen LogP contribution in [0.1, 0.15) is 23.2 Å². The second-order valence-electron chi connectivity index (χ2n) is 6.15. The highest BCUT2D eigenvalue weighted by Crippen LogP contribution is 2.27. The van der Waals surface area contributed by atoms with Crippen LogP contribution in [-0.2, 0) is 4.79 Å². The number of aromatic carboxylic acids is 1. The molecular weight excluding hydrogens is 326 g/mol. The Bertz CT molecular complexity index is 666. The van der Waals surface area contributed by atoms with E-state index in [4.69, 9.17) is 9.84 Å². The van der Waals surface area contributed by atoms with Crippen LogP contribution in [0.25, 0.3) is 0 Å². The Hall–Kier alpha value is -2.77. The molecule has 0 aliphatic carbocycles. The number of ether oxygens (including phenoxy) is 1. The molecule has 25 heavy (non-hydrogen) atoms. The minimum atomic E-state index is -1.06. The zero-order valence-electron chi connectivity index (χ0n) is 14.6. The quantitative estimate of drug-likeness (QED) is 0.862. The van der Waals surface area contributed by atoms with Gasteiger partial charge in [-0.1, -0.05) is 0 Å². The smallest absolute Gasteiger partial charge is 0.335 e. The van der Waals surface area contributed by atoms with Gasteiger partial charge in [-0.3, -0.25) is 4.79 Å². The van der Waals surface area contributed by atoms with Gasteiger partial charge in [0.1, 0.15) is 5.75 Å². The van der Waals surface area contributed by atoms with Gasteiger partial charge in [0.25, 0.3) is 0 Å². The Morgan fingerprint density at radius 2 is 1.88 bits per heavy atom. The average Bonchev–Trinajstić information content (AvgIpc) is 2.61. The van der Waals surface area contributed by atoms with Crippen molar-refractivity contribution in [3.05, 3.63) is 23.8 Å². The van der Waals surface area contributed by atoms with Crippen LogP contribution in [-0.4, -0.2) is 67.1 Å².